The van der Waals surface area contributed by atoms with Gasteiger partial charge in [0.05, 0.1) is 11.3 Å². The fourth-order valence-corrected chi connectivity index (χ4v) is 2.23. The quantitative estimate of drug-likeness (QED) is 0.820. The molecule has 0 aliphatic heterocycles. The van der Waals surface area contributed by atoms with Crippen molar-refractivity contribution < 1.29 is 9.18 Å². The Labute approximate surface area is 108 Å². The van der Waals surface area contributed by atoms with Crippen molar-refractivity contribution in [1.82, 2.24) is 4.98 Å². The van der Waals surface area contributed by atoms with Crippen molar-refractivity contribution in [3.8, 4) is 0 Å². The van der Waals surface area contributed by atoms with Crippen LogP contribution in [0.5, 0.6) is 0 Å². The van der Waals surface area contributed by atoms with Gasteiger partial charge in [0.2, 0.25) is 0 Å². The molecular weight excluding hydrogens is 253 g/mol. The predicted octanol–water partition coefficient (Wildman–Crippen LogP) is 2.73. The van der Waals surface area contributed by atoms with Crippen LogP contribution in [0.1, 0.15) is 20.9 Å². The molecule has 0 atom stereocenters. The van der Waals surface area contributed by atoms with Crippen LogP contribution in [0.15, 0.2) is 18.2 Å². The molecule has 4 nitrogen and oxygen atoms in total. The van der Waals surface area contributed by atoms with Gasteiger partial charge in [-0.15, -0.1) is 11.3 Å². The third-order valence-electron chi connectivity index (χ3n) is 2.51. The van der Waals surface area contributed by atoms with Crippen LogP contribution in [0, 0.1) is 19.7 Å². The van der Waals surface area contributed by atoms with Crippen LogP contribution < -0.4 is 11.1 Å². The number of anilines is 2. The van der Waals surface area contributed by atoms with Gasteiger partial charge in [0, 0.05) is 10.6 Å². The number of hydrogen-bond donors (Lipinski definition) is 2. The van der Waals surface area contributed by atoms with Gasteiger partial charge in [0.15, 0.2) is 5.13 Å². The van der Waals surface area contributed by atoms with E-state index >= 15 is 0 Å². The minimum Gasteiger partial charge on any atom is -0.398 e. The molecule has 0 bridgehead atoms. The molecule has 6 heteroatoms. The molecule has 0 saturated heterocycles. The molecular formula is C12H12FN3OS. The highest BCUT2D eigenvalue weighted by Gasteiger charge is 2.13. The summed E-state index contributed by atoms with van der Waals surface area (Å²) in [4.78, 5) is 17.1. The number of nitrogen functional groups attached to an aromatic ring is 1. The summed E-state index contributed by atoms with van der Waals surface area (Å²) in [5.41, 5.74) is 6.84. The second kappa shape index (κ2) is 4.73. The Balaban J connectivity index is 2.24. The number of carbonyl (C=O) groups is 1. The zero-order valence-electron chi connectivity index (χ0n) is 9.95. The average molecular weight is 265 g/mol. The van der Waals surface area contributed by atoms with E-state index in [1.165, 1.54) is 23.5 Å². The Morgan fingerprint density at radius 3 is 2.78 bits per heavy atom. The number of halogens is 1. The lowest BCUT2D eigenvalue weighted by atomic mass is 10.1. The van der Waals surface area contributed by atoms with Crippen molar-refractivity contribution in [3.63, 3.8) is 0 Å². The number of aryl methyl sites for hydroxylation is 2. The maximum Gasteiger partial charge on any atom is 0.259 e. The zero-order valence-corrected chi connectivity index (χ0v) is 10.8. The summed E-state index contributed by atoms with van der Waals surface area (Å²) in [6.45, 7) is 3.78. The molecule has 94 valence electrons. The molecule has 2 rings (SSSR count). The fourth-order valence-electron chi connectivity index (χ4n) is 1.42. The van der Waals surface area contributed by atoms with Crippen LogP contribution in [0.2, 0.25) is 0 Å². The van der Waals surface area contributed by atoms with E-state index in [0.717, 1.165) is 16.6 Å². The van der Waals surface area contributed by atoms with E-state index in [4.69, 9.17) is 5.73 Å². The maximum atomic E-state index is 13.1. The molecule has 0 saturated carbocycles. The zero-order chi connectivity index (χ0) is 13.3. The van der Waals surface area contributed by atoms with Gasteiger partial charge in [0.25, 0.3) is 5.91 Å². The molecule has 0 aliphatic carbocycles. The topological polar surface area (TPSA) is 68.0 Å². The Morgan fingerprint density at radius 2 is 2.17 bits per heavy atom. The molecule has 0 fully saturated rings. The molecule has 2 aromatic rings. The van der Waals surface area contributed by atoms with Gasteiger partial charge in [-0.25, -0.2) is 9.37 Å². The normalized spacial score (nSPS) is 10.4. The number of carbonyl (C=O) groups excluding carboxylic acids is 1. The lowest BCUT2D eigenvalue weighted by Gasteiger charge is -2.05. The second-order valence-corrected chi connectivity index (χ2v) is 5.05. The minimum atomic E-state index is -0.499. The van der Waals surface area contributed by atoms with Crippen LogP contribution in [0.25, 0.3) is 0 Å². The first-order chi connectivity index (χ1) is 8.47. The monoisotopic (exact) mass is 265 g/mol. The molecule has 0 unspecified atom stereocenters. The van der Waals surface area contributed by atoms with Gasteiger partial charge in [-0.2, -0.15) is 0 Å². The number of aromatic nitrogens is 1. The van der Waals surface area contributed by atoms with E-state index in [0.29, 0.717) is 5.13 Å². The van der Waals surface area contributed by atoms with E-state index in [2.05, 4.69) is 10.3 Å². The highest BCUT2D eigenvalue weighted by atomic mass is 32.1. The van der Waals surface area contributed by atoms with Crippen LogP contribution in [0.4, 0.5) is 15.2 Å². The molecule has 0 spiro atoms. The van der Waals surface area contributed by atoms with E-state index < -0.39 is 11.7 Å². The summed E-state index contributed by atoms with van der Waals surface area (Å²) in [6.07, 6.45) is 0. The first-order valence-electron chi connectivity index (χ1n) is 5.28. The summed E-state index contributed by atoms with van der Waals surface area (Å²) < 4.78 is 13.1. The van der Waals surface area contributed by atoms with Gasteiger partial charge in [-0.3, -0.25) is 10.1 Å². The molecule has 3 N–H and O–H groups in total. The number of rotatable bonds is 2. The van der Waals surface area contributed by atoms with Gasteiger partial charge >= 0.3 is 0 Å². The smallest absolute Gasteiger partial charge is 0.259 e. The molecule has 1 amide bonds. The number of nitrogens with zero attached hydrogens (tertiary/aromatic N) is 1. The Hall–Kier alpha value is -1.95. The largest absolute Gasteiger partial charge is 0.398 e. The Kier molecular flexibility index (Phi) is 3.29. The number of benzene rings is 1. The maximum absolute atomic E-state index is 13.1. The Bertz CT molecular complexity index is 590. The van der Waals surface area contributed by atoms with Crippen molar-refractivity contribution in [1.29, 1.82) is 0 Å². The van der Waals surface area contributed by atoms with E-state index in [1.807, 2.05) is 13.8 Å². The summed E-state index contributed by atoms with van der Waals surface area (Å²) in [5.74, 6) is -0.957. The third kappa shape index (κ3) is 2.48. The number of amides is 1. The van der Waals surface area contributed by atoms with E-state index in [1.54, 1.807) is 0 Å². The minimum absolute atomic E-state index is 0.112. The van der Waals surface area contributed by atoms with E-state index in [9.17, 15) is 9.18 Å². The third-order valence-corrected chi connectivity index (χ3v) is 3.50. The molecule has 1 aromatic heterocycles. The van der Waals surface area contributed by atoms with Crippen LogP contribution in [0.3, 0.4) is 0 Å². The highest BCUT2D eigenvalue weighted by Crippen LogP contribution is 2.22. The SMILES string of the molecule is Cc1nc(NC(=O)c2cc(F)ccc2N)sc1C. The molecule has 0 aliphatic rings. The predicted molar refractivity (Wildman–Crippen MR) is 70.4 cm³/mol. The molecule has 1 aromatic carbocycles. The van der Waals surface area contributed by atoms with Gasteiger partial charge in [0.1, 0.15) is 5.82 Å². The van der Waals surface area contributed by atoms with Gasteiger partial charge < -0.3 is 5.73 Å². The van der Waals surface area contributed by atoms with Crippen molar-refractivity contribution in [3.05, 3.63) is 40.2 Å². The number of nitrogens with one attached hydrogen (secondary N) is 1. The summed E-state index contributed by atoms with van der Waals surface area (Å²) in [5, 5.41) is 3.09. The number of hydrogen-bond acceptors (Lipinski definition) is 4. The van der Waals surface area contributed by atoms with Crippen molar-refractivity contribution in [2.24, 2.45) is 0 Å². The van der Waals surface area contributed by atoms with Crippen molar-refractivity contribution >= 4 is 28.1 Å². The van der Waals surface area contributed by atoms with Crippen molar-refractivity contribution in [2.45, 2.75) is 13.8 Å². The summed E-state index contributed by atoms with van der Waals surface area (Å²) >= 11 is 1.37. The van der Waals surface area contributed by atoms with Gasteiger partial charge in [-0.1, -0.05) is 0 Å². The second-order valence-electron chi connectivity index (χ2n) is 3.85. The molecule has 1 heterocycles. The Morgan fingerprint density at radius 1 is 1.44 bits per heavy atom. The summed E-state index contributed by atoms with van der Waals surface area (Å²) in [7, 11) is 0. The average Bonchev–Trinajstić information content (AvgIpc) is 2.61. The standard InChI is InChI=1S/C12H12FN3OS/c1-6-7(2)18-12(15-6)16-11(17)9-5-8(13)3-4-10(9)14/h3-5H,14H2,1-2H3,(H,15,16,17). The van der Waals surface area contributed by atoms with Crippen molar-refractivity contribution in [2.75, 3.05) is 11.1 Å². The van der Waals surface area contributed by atoms with Crippen LogP contribution in [-0.4, -0.2) is 10.9 Å². The lowest BCUT2D eigenvalue weighted by molar-refractivity contribution is 0.102. The highest BCUT2D eigenvalue weighted by molar-refractivity contribution is 7.15. The first-order valence-corrected chi connectivity index (χ1v) is 6.09. The fraction of sp³-hybridized carbons (Fsp3) is 0.167. The number of thiazole rings is 1. The molecule has 0 radical (unpaired) electrons. The summed E-state index contributed by atoms with van der Waals surface area (Å²) in [6, 6.07) is 3.68. The first kappa shape index (κ1) is 12.5. The van der Waals surface area contributed by atoms with Crippen LogP contribution >= 0.6 is 11.3 Å². The molecule has 18 heavy (non-hydrogen) atoms. The van der Waals surface area contributed by atoms with Gasteiger partial charge in [-0.05, 0) is 32.0 Å². The number of nitrogens with two attached hydrogens (primary N) is 1. The lowest BCUT2D eigenvalue weighted by Crippen LogP contribution is -2.14. The van der Waals surface area contributed by atoms with Crippen LogP contribution in [-0.2, 0) is 0 Å². The van der Waals surface area contributed by atoms with E-state index in [-0.39, 0.29) is 11.3 Å².